The van der Waals surface area contributed by atoms with Gasteiger partial charge in [0.1, 0.15) is 5.60 Å². The molecule has 3 fully saturated rings. The fraction of sp³-hybridized carbons (Fsp3) is 0.789. The van der Waals surface area contributed by atoms with Crippen LogP contribution in [0.15, 0.2) is 0 Å². The van der Waals surface area contributed by atoms with Gasteiger partial charge < -0.3 is 10.5 Å². The smallest absolute Gasteiger partial charge is 0.307 e. The first-order valence-corrected chi connectivity index (χ1v) is 10.1. The van der Waals surface area contributed by atoms with Crippen molar-refractivity contribution in [3.63, 3.8) is 0 Å². The number of alkyl halides is 2. The van der Waals surface area contributed by atoms with Gasteiger partial charge in [0, 0.05) is 6.42 Å². The summed E-state index contributed by atoms with van der Waals surface area (Å²) in [6.07, 6.45) is 3.09. The van der Waals surface area contributed by atoms with Crippen molar-refractivity contribution < 1.29 is 28.3 Å². The number of primary amides is 1. The molecule has 0 aromatic carbocycles. The molecule has 2 bridgehead atoms. The van der Waals surface area contributed by atoms with E-state index in [2.05, 4.69) is 5.43 Å². The topological polar surface area (TPSA) is 119 Å². The number of nitrogens with one attached hydrogen (secondary N) is 1. The van der Waals surface area contributed by atoms with Crippen LogP contribution in [-0.4, -0.2) is 46.5 Å². The van der Waals surface area contributed by atoms with Gasteiger partial charge in [-0.3, -0.25) is 24.6 Å². The summed E-state index contributed by atoms with van der Waals surface area (Å²) in [5, 5.41) is 0.648. The Bertz CT molecular complexity index is 662. The number of amides is 3. The van der Waals surface area contributed by atoms with Crippen LogP contribution < -0.4 is 11.2 Å². The van der Waals surface area contributed by atoms with E-state index in [-0.39, 0.29) is 24.8 Å². The van der Waals surface area contributed by atoms with Crippen molar-refractivity contribution in [1.29, 1.82) is 0 Å². The summed E-state index contributed by atoms with van der Waals surface area (Å²) < 4.78 is 18.6. The fourth-order valence-corrected chi connectivity index (χ4v) is 4.18. The van der Waals surface area contributed by atoms with Gasteiger partial charge in [-0.05, 0) is 57.8 Å². The maximum Gasteiger partial charge on any atom is 0.307 e. The quantitative estimate of drug-likeness (QED) is 0.326. The summed E-state index contributed by atoms with van der Waals surface area (Å²) >= 11 is 5.20. The van der Waals surface area contributed by atoms with Gasteiger partial charge in [-0.15, -0.1) is 0 Å². The number of esters is 1. The molecule has 8 nitrogen and oxygen atoms in total. The first-order valence-electron chi connectivity index (χ1n) is 9.70. The van der Waals surface area contributed by atoms with Crippen LogP contribution in [0.5, 0.6) is 0 Å². The zero-order chi connectivity index (χ0) is 22.0. The molecule has 3 rings (SSSR count). The van der Waals surface area contributed by atoms with Gasteiger partial charge in [0.15, 0.2) is 0 Å². The normalized spacial score (nSPS) is 24.4. The summed E-state index contributed by atoms with van der Waals surface area (Å²) in [5.41, 5.74) is 4.35. The summed E-state index contributed by atoms with van der Waals surface area (Å²) in [6, 6.07) is 0. The highest BCUT2D eigenvalue weighted by molar-refractivity contribution is 6.29. The Morgan fingerprint density at radius 3 is 2.28 bits per heavy atom. The third-order valence-electron chi connectivity index (χ3n) is 5.33. The van der Waals surface area contributed by atoms with Crippen LogP contribution >= 0.6 is 11.6 Å². The summed E-state index contributed by atoms with van der Waals surface area (Å²) in [4.78, 5) is 48.1. The maximum atomic E-state index is 13.3. The van der Waals surface area contributed by atoms with Crippen molar-refractivity contribution in [2.24, 2.45) is 23.0 Å². The number of hydrazine groups is 1. The molecule has 0 spiro atoms. The molecule has 164 valence electrons. The molecule has 1 unspecified atom stereocenters. The van der Waals surface area contributed by atoms with Gasteiger partial charge in [0.2, 0.25) is 11.8 Å². The second-order valence-electron chi connectivity index (χ2n) is 9.15. The molecule has 3 amide bonds. The Hall–Kier alpha value is -1.90. The number of hydrogen-bond acceptors (Lipinski definition) is 5. The number of halogens is 2. The Morgan fingerprint density at radius 2 is 1.86 bits per heavy atom. The minimum atomic E-state index is -2.38. The van der Waals surface area contributed by atoms with E-state index in [1.54, 1.807) is 20.8 Å². The minimum absolute atomic E-state index is 0.0475. The standard InChI is InChI=1S/C19H29ClFN3O5/c1-18(2,3)29-14(26)6-12(10-19-7-11(8-19)9-19)16(27)23-24(5-4-13(22)25)17(28)15(20)21/h11-12,15H,4-10H2,1-3H3,(H2,22,25)(H,23,27)/t11?,12-,15?,19?/m0/s1. The van der Waals surface area contributed by atoms with E-state index < -0.39 is 40.8 Å². The molecule has 29 heavy (non-hydrogen) atoms. The third kappa shape index (κ3) is 6.55. The lowest BCUT2D eigenvalue weighted by Gasteiger charge is -2.63. The van der Waals surface area contributed by atoms with E-state index in [4.69, 9.17) is 22.1 Å². The molecule has 0 heterocycles. The highest BCUT2D eigenvalue weighted by Gasteiger charge is 2.57. The van der Waals surface area contributed by atoms with Crippen LogP contribution in [0.3, 0.4) is 0 Å². The van der Waals surface area contributed by atoms with Crippen LogP contribution in [0.4, 0.5) is 4.39 Å². The number of nitrogens with zero attached hydrogens (tertiary/aromatic N) is 1. The average molecular weight is 434 g/mol. The minimum Gasteiger partial charge on any atom is -0.460 e. The molecule has 10 heteroatoms. The zero-order valence-corrected chi connectivity index (χ0v) is 17.8. The molecule has 0 saturated heterocycles. The van der Waals surface area contributed by atoms with Crippen LogP contribution in [-0.2, 0) is 23.9 Å². The average Bonchev–Trinajstić information content (AvgIpc) is 2.49. The van der Waals surface area contributed by atoms with Crippen molar-refractivity contribution in [3.8, 4) is 0 Å². The molecular formula is C19H29ClFN3O5. The van der Waals surface area contributed by atoms with Crippen LogP contribution in [0.25, 0.3) is 0 Å². The lowest BCUT2D eigenvalue weighted by atomic mass is 9.42. The van der Waals surface area contributed by atoms with E-state index in [0.29, 0.717) is 17.3 Å². The lowest BCUT2D eigenvalue weighted by molar-refractivity contribution is -0.163. The summed E-state index contributed by atoms with van der Waals surface area (Å²) in [5.74, 6) is -3.12. The van der Waals surface area contributed by atoms with Gasteiger partial charge in [-0.1, -0.05) is 11.6 Å². The Labute approximate surface area is 174 Å². The van der Waals surface area contributed by atoms with Gasteiger partial charge in [-0.25, -0.2) is 9.40 Å². The maximum absolute atomic E-state index is 13.3. The van der Waals surface area contributed by atoms with Gasteiger partial charge in [0.25, 0.3) is 11.5 Å². The monoisotopic (exact) mass is 433 g/mol. The number of hydrogen-bond donors (Lipinski definition) is 2. The molecule has 3 saturated carbocycles. The molecule has 0 aromatic rings. The molecule has 2 atom stereocenters. The predicted octanol–water partition coefficient (Wildman–Crippen LogP) is 1.79. The van der Waals surface area contributed by atoms with Crippen molar-refractivity contribution >= 4 is 35.3 Å². The van der Waals surface area contributed by atoms with Crippen LogP contribution in [0.1, 0.15) is 59.3 Å². The SMILES string of the molecule is CC(C)(C)OC(=O)C[C@@H](CC12CC(C1)C2)C(=O)NN(CCC(N)=O)C(=O)C(F)Cl. The number of ether oxygens (including phenoxy) is 1. The molecule has 0 radical (unpaired) electrons. The van der Waals surface area contributed by atoms with Crippen LogP contribution in [0, 0.1) is 17.3 Å². The highest BCUT2D eigenvalue weighted by Crippen LogP contribution is 2.67. The van der Waals surface area contributed by atoms with Crippen molar-refractivity contribution in [2.75, 3.05) is 6.54 Å². The van der Waals surface area contributed by atoms with Crippen molar-refractivity contribution in [2.45, 2.75) is 70.5 Å². The number of carbonyl (C=O) groups excluding carboxylic acids is 4. The van der Waals surface area contributed by atoms with Gasteiger partial charge >= 0.3 is 5.97 Å². The number of carbonyl (C=O) groups is 4. The van der Waals surface area contributed by atoms with Gasteiger partial charge in [0.05, 0.1) is 18.9 Å². The Kier molecular flexibility index (Phi) is 7.14. The number of rotatable bonds is 9. The molecule has 0 aromatic heterocycles. The predicted molar refractivity (Wildman–Crippen MR) is 103 cm³/mol. The van der Waals surface area contributed by atoms with E-state index in [9.17, 15) is 23.6 Å². The lowest BCUT2D eigenvalue weighted by Crippen LogP contribution is -2.56. The summed E-state index contributed by atoms with van der Waals surface area (Å²) in [7, 11) is 0. The Morgan fingerprint density at radius 1 is 1.28 bits per heavy atom. The second-order valence-corrected chi connectivity index (χ2v) is 9.54. The molecule has 3 N–H and O–H groups in total. The molecule has 0 aliphatic heterocycles. The van der Waals surface area contributed by atoms with E-state index in [0.717, 1.165) is 19.3 Å². The van der Waals surface area contributed by atoms with Crippen LogP contribution in [0.2, 0.25) is 0 Å². The molecule has 3 aliphatic carbocycles. The van der Waals surface area contributed by atoms with Crippen molar-refractivity contribution in [3.05, 3.63) is 0 Å². The Balaban J connectivity index is 2.07. The fourth-order valence-electron chi connectivity index (χ4n) is 4.06. The van der Waals surface area contributed by atoms with E-state index >= 15 is 0 Å². The largest absolute Gasteiger partial charge is 0.460 e. The van der Waals surface area contributed by atoms with E-state index in [1.807, 2.05) is 0 Å². The van der Waals surface area contributed by atoms with Gasteiger partial charge in [-0.2, -0.15) is 0 Å². The first kappa shape index (κ1) is 23.4. The first-order chi connectivity index (χ1) is 13.3. The molecule has 3 aliphatic rings. The number of nitrogens with two attached hydrogens (primary N) is 1. The molecular weight excluding hydrogens is 405 g/mol. The van der Waals surface area contributed by atoms with E-state index in [1.165, 1.54) is 0 Å². The van der Waals surface area contributed by atoms with Crippen molar-refractivity contribution in [1.82, 2.24) is 10.4 Å². The highest BCUT2D eigenvalue weighted by atomic mass is 35.5. The summed E-state index contributed by atoms with van der Waals surface area (Å²) in [6.45, 7) is 4.87. The third-order valence-corrected chi connectivity index (χ3v) is 5.51. The second kappa shape index (κ2) is 8.85. The zero-order valence-electron chi connectivity index (χ0n) is 17.0.